The van der Waals surface area contributed by atoms with E-state index in [0.29, 0.717) is 0 Å². The van der Waals surface area contributed by atoms with Crippen molar-refractivity contribution in [1.82, 2.24) is 0 Å². The minimum absolute atomic E-state index is 0.116. The van der Waals surface area contributed by atoms with E-state index < -0.39 is 0 Å². The number of aryl methyl sites for hydroxylation is 1. The van der Waals surface area contributed by atoms with Crippen molar-refractivity contribution >= 4 is 22.6 Å². The Bertz CT molecular complexity index is 299. The van der Waals surface area contributed by atoms with Crippen LogP contribution in [0.2, 0.25) is 0 Å². The number of rotatable bonds is 1. The molecule has 0 heterocycles. The first kappa shape index (κ1) is 10.8. The summed E-state index contributed by atoms with van der Waals surface area (Å²) in [5.41, 5.74) is 1.15. The second-order valence-corrected chi connectivity index (χ2v) is 5.31. The van der Waals surface area contributed by atoms with Gasteiger partial charge in [0, 0.05) is 0 Å². The Labute approximate surface area is 93.6 Å². The maximum Gasteiger partial charge on any atom is 0.133 e. The highest BCUT2D eigenvalue weighted by molar-refractivity contribution is 14.1. The molecule has 0 aromatic heterocycles. The van der Waals surface area contributed by atoms with Crippen LogP contribution in [0.3, 0.4) is 0 Å². The maximum absolute atomic E-state index is 5.78. The van der Waals surface area contributed by atoms with Gasteiger partial charge in [-0.1, -0.05) is 6.07 Å². The molecule has 1 aromatic carbocycles. The molecule has 0 saturated carbocycles. The smallest absolute Gasteiger partial charge is 0.133 e. The molecule has 0 fully saturated rings. The second-order valence-electron chi connectivity index (χ2n) is 4.15. The molecule has 0 amide bonds. The van der Waals surface area contributed by atoms with Crippen LogP contribution in [-0.2, 0) is 0 Å². The van der Waals surface area contributed by atoms with Crippen molar-refractivity contribution in [3.05, 3.63) is 27.3 Å². The Morgan fingerprint density at radius 1 is 1.23 bits per heavy atom. The number of halogens is 1. The van der Waals surface area contributed by atoms with E-state index in [1.54, 1.807) is 0 Å². The first-order valence-electron chi connectivity index (χ1n) is 4.34. The first-order valence-corrected chi connectivity index (χ1v) is 5.41. The Morgan fingerprint density at radius 3 is 2.31 bits per heavy atom. The van der Waals surface area contributed by atoms with Crippen molar-refractivity contribution in [2.24, 2.45) is 0 Å². The highest BCUT2D eigenvalue weighted by Crippen LogP contribution is 2.25. The molecular weight excluding hydrogens is 275 g/mol. The van der Waals surface area contributed by atoms with Crippen molar-refractivity contribution in [1.29, 1.82) is 0 Å². The molecule has 0 N–H and O–H groups in total. The van der Waals surface area contributed by atoms with Crippen molar-refractivity contribution in [3.8, 4) is 5.75 Å². The molecule has 13 heavy (non-hydrogen) atoms. The molecule has 72 valence electrons. The van der Waals surface area contributed by atoms with Crippen LogP contribution in [0.4, 0.5) is 0 Å². The third-order valence-electron chi connectivity index (χ3n) is 1.50. The van der Waals surface area contributed by atoms with E-state index in [9.17, 15) is 0 Å². The molecule has 1 nitrogen and oxygen atoms in total. The lowest BCUT2D eigenvalue weighted by molar-refractivity contribution is 0.129. The molecule has 0 atom stereocenters. The van der Waals surface area contributed by atoms with Crippen molar-refractivity contribution in [2.75, 3.05) is 0 Å². The third kappa shape index (κ3) is 3.55. The second kappa shape index (κ2) is 3.86. The highest BCUT2D eigenvalue weighted by Gasteiger charge is 2.13. The predicted octanol–water partition coefficient (Wildman–Crippen LogP) is 3.78. The SMILES string of the molecule is Cc1ccc(OC(C)(C)C)c(I)c1. The standard InChI is InChI=1S/C11H15IO/c1-8-5-6-10(9(12)7-8)13-11(2,3)4/h5-7H,1-4H3. The number of benzene rings is 1. The fourth-order valence-corrected chi connectivity index (χ4v) is 1.80. The summed E-state index contributed by atoms with van der Waals surface area (Å²) in [6, 6.07) is 6.23. The van der Waals surface area contributed by atoms with Crippen molar-refractivity contribution in [3.63, 3.8) is 0 Å². The topological polar surface area (TPSA) is 9.23 Å². The summed E-state index contributed by atoms with van der Waals surface area (Å²) in [6.45, 7) is 8.26. The molecule has 0 bridgehead atoms. The molecule has 1 aromatic rings. The van der Waals surface area contributed by atoms with Gasteiger partial charge in [-0.25, -0.2) is 0 Å². The number of hydrogen-bond donors (Lipinski definition) is 0. The zero-order chi connectivity index (χ0) is 10.1. The van der Waals surface area contributed by atoms with E-state index in [0.717, 1.165) is 5.75 Å². The summed E-state index contributed by atoms with van der Waals surface area (Å²) in [6.07, 6.45) is 0. The van der Waals surface area contributed by atoms with E-state index in [-0.39, 0.29) is 5.60 Å². The summed E-state index contributed by atoms with van der Waals surface area (Å²) < 4.78 is 6.95. The number of hydrogen-bond acceptors (Lipinski definition) is 1. The van der Waals surface area contributed by atoms with Crippen molar-refractivity contribution in [2.45, 2.75) is 33.3 Å². The summed E-state index contributed by atoms with van der Waals surface area (Å²) >= 11 is 2.30. The molecule has 0 aliphatic rings. The molecule has 0 aliphatic heterocycles. The normalized spacial score (nSPS) is 11.5. The van der Waals surface area contributed by atoms with E-state index in [4.69, 9.17) is 4.74 Å². The van der Waals surface area contributed by atoms with Gasteiger partial charge in [0.2, 0.25) is 0 Å². The fraction of sp³-hybridized carbons (Fsp3) is 0.455. The minimum atomic E-state index is -0.116. The molecule has 2 heteroatoms. The van der Waals surface area contributed by atoms with Crippen LogP contribution in [0.25, 0.3) is 0 Å². The van der Waals surface area contributed by atoms with Crippen LogP contribution in [0.1, 0.15) is 26.3 Å². The van der Waals surface area contributed by atoms with Crippen LogP contribution in [0.5, 0.6) is 5.75 Å². The summed E-state index contributed by atoms with van der Waals surface area (Å²) in [5, 5.41) is 0. The average molecular weight is 290 g/mol. The van der Waals surface area contributed by atoms with Gasteiger partial charge in [0.05, 0.1) is 3.57 Å². The van der Waals surface area contributed by atoms with Gasteiger partial charge in [-0.2, -0.15) is 0 Å². The van der Waals surface area contributed by atoms with E-state index >= 15 is 0 Å². The monoisotopic (exact) mass is 290 g/mol. The Balaban J connectivity index is 2.90. The van der Waals surface area contributed by atoms with Gasteiger partial charge in [-0.15, -0.1) is 0 Å². The minimum Gasteiger partial charge on any atom is -0.487 e. The lowest BCUT2D eigenvalue weighted by Gasteiger charge is -2.22. The molecule has 0 spiro atoms. The lowest BCUT2D eigenvalue weighted by Crippen LogP contribution is -2.23. The molecule has 0 radical (unpaired) electrons. The van der Waals surface area contributed by atoms with Crippen LogP contribution < -0.4 is 4.74 Å². The molecule has 1 rings (SSSR count). The van der Waals surface area contributed by atoms with E-state index in [1.807, 2.05) is 6.07 Å². The zero-order valence-electron chi connectivity index (χ0n) is 8.52. The van der Waals surface area contributed by atoms with E-state index in [1.165, 1.54) is 9.13 Å². The highest BCUT2D eigenvalue weighted by atomic mass is 127. The zero-order valence-corrected chi connectivity index (χ0v) is 10.7. The molecule has 0 aliphatic carbocycles. The van der Waals surface area contributed by atoms with Gasteiger partial charge in [-0.05, 0) is 68.0 Å². The lowest BCUT2D eigenvalue weighted by atomic mass is 10.2. The van der Waals surface area contributed by atoms with Crippen LogP contribution in [0.15, 0.2) is 18.2 Å². The van der Waals surface area contributed by atoms with E-state index in [2.05, 4.69) is 62.4 Å². The largest absolute Gasteiger partial charge is 0.487 e. The molecule has 0 saturated heterocycles. The van der Waals surface area contributed by atoms with Gasteiger partial charge in [0.15, 0.2) is 0 Å². The van der Waals surface area contributed by atoms with Crippen LogP contribution >= 0.6 is 22.6 Å². The Morgan fingerprint density at radius 2 is 1.85 bits per heavy atom. The van der Waals surface area contributed by atoms with Gasteiger partial charge in [0.25, 0.3) is 0 Å². The predicted molar refractivity (Wildman–Crippen MR) is 64.3 cm³/mol. The van der Waals surface area contributed by atoms with Gasteiger partial charge < -0.3 is 4.74 Å². The maximum atomic E-state index is 5.78. The van der Waals surface area contributed by atoms with Crippen molar-refractivity contribution < 1.29 is 4.74 Å². The molecule has 0 unspecified atom stereocenters. The van der Waals surface area contributed by atoms with Gasteiger partial charge in [0.1, 0.15) is 11.4 Å². The summed E-state index contributed by atoms with van der Waals surface area (Å²) in [7, 11) is 0. The number of ether oxygens (including phenoxy) is 1. The quantitative estimate of drug-likeness (QED) is 0.715. The van der Waals surface area contributed by atoms with Gasteiger partial charge in [-0.3, -0.25) is 0 Å². The Hall–Kier alpha value is -0.250. The Kier molecular flexibility index (Phi) is 3.22. The third-order valence-corrected chi connectivity index (χ3v) is 2.35. The fourth-order valence-electron chi connectivity index (χ4n) is 1.02. The average Bonchev–Trinajstić information content (AvgIpc) is 1.93. The van der Waals surface area contributed by atoms with Crippen LogP contribution in [0, 0.1) is 10.5 Å². The summed E-state index contributed by atoms with van der Waals surface area (Å²) in [5.74, 6) is 0.971. The van der Waals surface area contributed by atoms with Crippen LogP contribution in [-0.4, -0.2) is 5.60 Å². The first-order chi connectivity index (χ1) is 5.88. The van der Waals surface area contributed by atoms with Gasteiger partial charge >= 0.3 is 0 Å². The molecular formula is C11H15IO. The summed E-state index contributed by atoms with van der Waals surface area (Å²) in [4.78, 5) is 0.